The minimum atomic E-state index is -3.20. The summed E-state index contributed by atoms with van der Waals surface area (Å²) in [7, 11) is -1.64. The smallest absolute Gasteiger partial charge is 0.408 e. The monoisotopic (exact) mass is 545 g/mol. The van der Waals surface area contributed by atoms with E-state index in [0.717, 1.165) is 5.56 Å². The molecule has 3 atom stereocenters. The summed E-state index contributed by atoms with van der Waals surface area (Å²) >= 11 is 1.28. The number of amidine groups is 1. The highest BCUT2D eigenvalue weighted by Gasteiger charge is 2.49. The van der Waals surface area contributed by atoms with Gasteiger partial charge in [0.2, 0.25) is 0 Å². The molecule has 9 nitrogen and oxygen atoms in total. The predicted octanol–water partition coefficient (Wildman–Crippen LogP) is 3.43. The van der Waals surface area contributed by atoms with Crippen molar-refractivity contribution in [3.8, 4) is 5.75 Å². The molecule has 37 heavy (non-hydrogen) atoms. The number of amides is 2. The number of methoxy groups -OCH3 is 1. The van der Waals surface area contributed by atoms with E-state index in [1.807, 2.05) is 47.4 Å². The summed E-state index contributed by atoms with van der Waals surface area (Å²) in [5, 5.41) is 2.83. The second-order valence-electron chi connectivity index (χ2n) is 9.99. The van der Waals surface area contributed by atoms with Crippen molar-refractivity contribution in [1.82, 2.24) is 5.32 Å². The van der Waals surface area contributed by atoms with Crippen molar-refractivity contribution in [2.75, 3.05) is 23.5 Å². The summed E-state index contributed by atoms with van der Waals surface area (Å²) in [6.45, 7) is 5.24. The lowest BCUT2D eigenvalue weighted by Gasteiger charge is -2.25. The number of benzene rings is 2. The first-order valence-corrected chi connectivity index (χ1v) is 14.6. The standard InChI is InChI=1S/C26H31N3O6S2/c1-26(2,3)35-25(31)27-20(14-17-8-6-5-7-9-17)23(30)28-24-29(18-10-12-19(34-4)13-11-18)21-15-37(32,33)16-22(21)36-24/h5-13,20-22H,14-16H2,1-4H3,(H,27,31)/t20-,21+,22+/m1/s1. The van der Waals surface area contributed by atoms with Crippen LogP contribution in [0.5, 0.6) is 5.75 Å². The molecule has 2 aromatic rings. The van der Waals surface area contributed by atoms with Gasteiger partial charge >= 0.3 is 6.09 Å². The van der Waals surface area contributed by atoms with Crippen molar-refractivity contribution >= 4 is 44.5 Å². The topological polar surface area (TPSA) is 114 Å². The second kappa shape index (κ2) is 10.7. The summed E-state index contributed by atoms with van der Waals surface area (Å²) in [4.78, 5) is 32.3. The molecule has 198 valence electrons. The Balaban J connectivity index is 1.64. The number of nitrogens with zero attached hydrogens (tertiary/aromatic N) is 2. The molecule has 2 aliphatic rings. The Kier molecular flexibility index (Phi) is 7.84. The van der Waals surface area contributed by atoms with Crippen molar-refractivity contribution in [2.24, 2.45) is 4.99 Å². The van der Waals surface area contributed by atoms with Crippen LogP contribution in [0.4, 0.5) is 10.5 Å². The summed E-state index contributed by atoms with van der Waals surface area (Å²) in [6.07, 6.45) is -0.486. The van der Waals surface area contributed by atoms with E-state index < -0.39 is 33.5 Å². The lowest BCUT2D eigenvalue weighted by Crippen LogP contribution is -2.45. The number of nitrogens with one attached hydrogen (secondary N) is 1. The minimum Gasteiger partial charge on any atom is -0.497 e. The Morgan fingerprint density at radius 1 is 1.11 bits per heavy atom. The molecular weight excluding hydrogens is 514 g/mol. The molecule has 2 fully saturated rings. The van der Waals surface area contributed by atoms with Crippen LogP contribution < -0.4 is 15.0 Å². The van der Waals surface area contributed by atoms with Gasteiger partial charge in [-0.1, -0.05) is 42.1 Å². The van der Waals surface area contributed by atoms with Crippen molar-refractivity contribution in [2.45, 2.75) is 50.1 Å². The molecule has 0 aromatic heterocycles. The zero-order valence-corrected chi connectivity index (χ0v) is 22.8. The van der Waals surface area contributed by atoms with Crippen LogP contribution in [0.2, 0.25) is 0 Å². The van der Waals surface area contributed by atoms with E-state index in [1.165, 1.54) is 11.8 Å². The van der Waals surface area contributed by atoms with Crippen molar-refractivity contribution in [3.63, 3.8) is 0 Å². The van der Waals surface area contributed by atoms with Gasteiger partial charge in [0.05, 0.1) is 24.7 Å². The number of hydrogen-bond donors (Lipinski definition) is 1. The number of fused-ring (bicyclic) bond motifs is 1. The van der Waals surface area contributed by atoms with Gasteiger partial charge in [-0.25, -0.2) is 13.2 Å². The van der Waals surface area contributed by atoms with Crippen LogP contribution in [0, 0.1) is 0 Å². The first-order chi connectivity index (χ1) is 17.4. The molecule has 2 saturated heterocycles. The lowest BCUT2D eigenvalue weighted by atomic mass is 10.1. The Hall–Kier alpha value is -3.05. The van der Waals surface area contributed by atoms with Crippen LogP contribution in [0.15, 0.2) is 59.6 Å². The fourth-order valence-electron chi connectivity index (χ4n) is 4.28. The maximum absolute atomic E-state index is 13.5. The molecule has 11 heteroatoms. The third-order valence-electron chi connectivity index (χ3n) is 5.89. The van der Waals surface area contributed by atoms with Crippen LogP contribution in [0.25, 0.3) is 0 Å². The third kappa shape index (κ3) is 6.84. The number of aliphatic imine (C=N–C) groups is 1. The van der Waals surface area contributed by atoms with E-state index in [-0.39, 0.29) is 29.2 Å². The van der Waals surface area contributed by atoms with Gasteiger partial charge < -0.3 is 19.7 Å². The van der Waals surface area contributed by atoms with Crippen LogP contribution in [0.3, 0.4) is 0 Å². The van der Waals surface area contributed by atoms with Gasteiger partial charge in [-0.05, 0) is 50.6 Å². The van der Waals surface area contributed by atoms with Gasteiger partial charge in [-0.15, -0.1) is 0 Å². The van der Waals surface area contributed by atoms with E-state index in [4.69, 9.17) is 9.47 Å². The molecule has 0 radical (unpaired) electrons. The largest absolute Gasteiger partial charge is 0.497 e. The van der Waals surface area contributed by atoms with Gasteiger partial charge in [-0.2, -0.15) is 4.99 Å². The van der Waals surface area contributed by atoms with Crippen LogP contribution in [0.1, 0.15) is 26.3 Å². The molecule has 4 rings (SSSR count). The SMILES string of the molecule is COc1ccc(N2C(=NC(=O)[C@@H](Cc3ccccc3)NC(=O)OC(C)(C)C)S[C@H]3CS(=O)(=O)C[C@@H]32)cc1. The summed E-state index contributed by atoms with van der Waals surface area (Å²) in [6, 6.07) is 15.2. The highest BCUT2D eigenvalue weighted by molar-refractivity contribution is 8.16. The van der Waals surface area contributed by atoms with Gasteiger partial charge in [-0.3, -0.25) is 4.79 Å². The van der Waals surface area contributed by atoms with Crippen LogP contribution in [-0.2, 0) is 25.8 Å². The van der Waals surface area contributed by atoms with Gasteiger partial charge in [0, 0.05) is 17.4 Å². The Morgan fingerprint density at radius 2 is 1.78 bits per heavy atom. The minimum absolute atomic E-state index is 0.0196. The average molecular weight is 546 g/mol. The lowest BCUT2D eigenvalue weighted by molar-refractivity contribution is -0.119. The number of thioether (sulfide) groups is 1. The molecule has 2 aromatic carbocycles. The molecule has 0 saturated carbocycles. The van der Waals surface area contributed by atoms with E-state index in [0.29, 0.717) is 16.6 Å². The normalized spacial score (nSPS) is 22.4. The summed E-state index contributed by atoms with van der Waals surface area (Å²) < 4.78 is 35.4. The first-order valence-electron chi connectivity index (χ1n) is 11.9. The number of sulfone groups is 1. The number of ether oxygens (including phenoxy) is 2. The number of alkyl carbamates (subject to hydrolysis) is 1. The summed E-state index contributed by atoms with van der Waals surface area (Å²) in [5.41, 5.74) is 0.835. The number of anilines is 1. The Morgan fingerprint density at radius 3 is 2.41 bits per heavy atom. The average Bonchev–Trinajstić information content (AvgIpc) is 3.28. The van der Waals surface area contributed by atoms with E-state index in [9.17, 15) is 18.0 Å². The molecule has 0 bridgehead atoms. The zero-order valence-electron chi connectivity index (χ0n) is 21.2. The van der Waals surface area contributed by atoms with Gasteiger partial charge in [0.1, 0.15) is 17.4 Å². The van der Waals surface area contributed by atoms with Crippen molar-refractivity contribution in [3.05, 3.63) is 60.2 Å². The summed E-state index contributed by atoms with van der Waals surface area (Å²) in [5.74, 6) is 0.114. The fraction of sp³-hybridized carbons (Fsp3) is 0.423. The van der Waals surface area contributed by atoms with E-state index >= 15 is 0 Å². The molecular formula is C26H31N3O6S2. The molecule has 2 amide bonds. The van der Waals surface area contributed by atoms with Gasteiger partial charge in [0.15, 0.2) is 15.0 Å². The van der Waals surface area contributed by atoms with Crippen LogP contribution >= 0.6 is 11.8 Å². The molecule has 1 N–H and O–H groups in total. The maximum atomic E-state index is 13.5. The first kappa shape index (κ1) is 27.0. The Bertz CT molecular complexity index is 1270. The van der Waals surface area contributed by atoms with Gasteiger partial charge in [0.25, 0.3) is 5.91 Å². The number of carbonyl (C=O) groups excluding carboxylic acids is 2. The number of hydrogen-bond acceptors (Lipinski definition) is 7. The van der Waals surface area contributed by atoms with Crippen LogP contribution in [-0.4, -0.2) is 67.1 Å². The van der Waals surface area contributed by atoms with E-state index in [2.05, 4.69) is 10.3 Å². The maximum Gasteiger partial charge on any atom is 0.408 e. The third-order valence-corrected chi connectivity index (χ3v) is 9.10. The zero-order chi connectivity index (χ0) is 26.8. The molecule has 0 unspecified atom stereocenters. The molecule has 2 aliphatic heterocycles. The highest BCUT2D eigenvalue weighted by atomic mass is 32.2. The number of carbonyl (C=O) groups is 2. The predicted molar refractivity (Wildman–Crippen MR) is 145 cm³/mol. The second-order valence-corrected chi connectivity index (χ2v) is 13.3. The fourth-order valence-corrected chi connectivity index (χ4v) is 8.20. The number of rotatable bonds is 6. The van der Waals surface area contributed by atoms with E-state index in [1.54, 1.807) is 40.0 Å². The molecule has 2 heterocycles. The Labute approximate surface area is 221 Å². The molecule has 0 aliphatic carbocycles. The molecule has 0 spiro atoms. The van der Waals surface area contributed by atoms with Crippen molar-refractivity contribution < 1.29 is 27.5 Å². The quantitative estimate of drug-likeness (QED) is 0.587. The van der Waals surface area contributed by atoms with Crippen molar-refractivity contribution in [1.29, 1.82) is 0 Å². The highest BCUT2D eigenvalue weighted by Crippen LogP contribution is 2.41.